The minimum atomic E-state index is 0.0212. The first-order valence-electron chi connectivity index (χ1n) is 12.8. The van der Waals surface area contributed by atoms with Gasteiger partial charge in [-0.2, -0.15) is 0 Å². The molecule has 0 amide bonds. The van der Waals surface area contributed by atoms with Crippen molar-refractivity contribution < 1.29 is 0 Å². The number of hydrogen-bond acceptors (Lipinski definition) is 0. The normalized spacial score (nSPS) is 13.0. The maximum absolute atomic E-state index is 4.01. The van der Waals surface area contributed by atoms with Crippen molar-refractivity contribution in [2.45, 2.75) is 52.4 Å². The van der Waals surface area contributed by atoms with Crippen LogP contribution in [0.1, 0.15) is 52.7 Å². The second-order valence-electron chi connectivity index (χ2n) is 12.4. The number of fused-ring (bicyclic) bond motifs is 11. The maximum Gasteiger partial charge on any atom is 0.0263 e. The summed E-state index contributed by atoms with van der Waals surface area (Å²) in [6.45, 7) is 13.7. The number of rotatable bonds is 0. The highest BCUT2D eigenvalue weighted by Crippen LogP contribution is 2.49. The van der Waals surface area contributed by atoms with Crippen LogP contribution in [0.5, 0.6) is 0 Å². The van der Waals surface area contributed by atoms with E-state index in [-0.39, 0.29) is 10.8 Å². The molecule has 0 bridgehead atoms. The van der Waals surface area contributed by atoms with Gasteiger partial charge < -0.3 is 0 Å². The summed E-state index contributed by atoms with van der Waals surface area (Å²) in [7, 11) is 0. The highest BCUT2D eigenvalue weighted by atomic mass is 79.9. The lowest BCUT2D eigenvalue weighted by Crippen LogP contribution is -2.11. The number of hydrogen-bond donors (Lipinski definition) is 0. The van der Waals surface area contributed by atoms with Crippen LogP contribution in [0.2, 0.25) is 0 Å². The first kappa shape index (κ1) is 26.7. The van der Waals surface area contributed by atoms with E-state index in [9.17, 15) is 0 Å². The van der Waals surface area contributed by atoms with E-state index >= 15 is 0 Å². The highest BCUT2D eigenvalue weighted by molar-refractivity contribution is 9.11. The fourth-order valence-corrected chi connectivity index (χ4v) is 7.80. The van der Waals surface area contributed by atoms with E-state index in [2.05, 4.69) is 166 Å². The molecule has 0 spiro atoms. The summed E-state index contributed by atoms with van der Waals surface area (Å²) in [6, 6.07) is 22.9. The molecule has 0 nitrogen and oxygen atoms in total. The van der Waals surface area contributed by atoms with Crippen molar-refractivity contribution in [2.75, 3.05) is 0 Å². The summed E-state index contributed by atoms with van der Waals surface area (Å²) in [5.41, 5.74) is 2.69. The topological polar surface area (TPSA) is 0 Å². The van der Waals surface area contributed by atoms with Crippen LogP contribution >= 0.6 is 63.7 Å². The molecule has 0 radical (unpaired) electrons. The zero-order chi connectivity index (χ0) is 27.3. The molecular formula is C34H28Br4. The first-order valence-corrected chi connectivity index (χ1v) is 16.0. The van der Waals surface area contributed by atoms with E-state index in [1.54, 1.807) is 0 Å². The third-order valence-electron chi connectivity index (χ3n) is 7.74. The molecule has 0 aliphatic rings. The second kappa shape index (κ2) is 9.03. The zero-order valence-electron chi connectivity index (χ0n) is 22.3. The van der Waals surface area contributed by atoms with Crippen molar-refractivity contribution >= 4 is 118 Å². The predicted molar refractivity (Wildman–Crippen MR) is 182 cm³/mol. The van der Waals surface area contributed by atoms with Gasteiger partial charge in [0, 0.05) is 28.7 Å². The Labute approximate surface area is 257 Å². The van der Waals surface area contributed by atoms with Gasteiger partial charge in [-0.25, -0.2) is 0 Å². The molecule has 6 aromatic carbocycles. The van der Waals surface area contributed by atoms with Crippen LogP contribution in [0.15, 0.2) is 78.6 Å². The SMILES string of the molecule is CC(C)(C)c1cc(Br)c2c3ccc(Br)cc3c3c4cc(C(C)(C)C)cc(Br)c4c4ccc(Br)cc4c3c2c1. The molecule has 0 aliphatic carbocycles. The van der Waals surface area contributed by atoms with E-state index in [1.165, 1.54) is 65.0 Å². The molecule has 0 N–H and O–H groups in total. The lowest BCUT2D eigenvalue weighted by atomic mass is 9.81. The summed E-state index contributed by atoms with van der Waals surface area (Å²) < 4.78 is 4.45. The Bertz CT molecular complexity index is 1820. The Morgan fingerprint density at radius 3 is 1.11 bits per heavy atom. The quantitative estimate of drug-likeness (QED) is 0.135. The van der Waals surface area contributed by atoms with Crippen molar-refractivity contribution in [3.63, 3.8) is 0 Å². The minimum Gasteiger partial charge on any atom is -0.0561 e. The van der Waals surface area contributed by atoms with Gasteiger partial charge in [-0.1, -0.05) is 117 Å². The zero-order valence-corrected chi connectivity index (χ0v) is 28.6. The van der Waals surface area contributed by atoms with Gasteiger partial charge in [-0.3, -0.25) is 0 Å². The van der Waals surface area contributed by atoms with Crippen LogP contribution in [-0.4, -0.2) is 0 Å². The molecule has 0 saturated carbocycles. The van der Waals surface area contributed by atoms with E-state index in [0.29, 0.717) is 0 Å². The molecule has 38 heavy (non-hydrogen) atoms. The fourth-order valence-electron chi connectivity index (χ4n) is 5.73. The second-order valence-corrected chi connectivity index (χ2v) is 15.9. The van der Waals surface area contributed by atoms with Gasteiger partial charge in [-0.05, 0) is 114 Å². The Kier molecular flexibility index (Phi) is 6.35. The van der Waals surface area contributed by atoms with E-state index < -0.39 is 0 Å². The smallest absolute Gasteiger partial charge is 0.0263 e. The van der Waals surface area contributed by atoms with Crippen molar-refractivity contribution in [1.29, 1.82) is 0 Å². The van der Waals surface area contributed by atoms with Crippen LogP contribution in [0.4, 0.5) is 0 Å². The first-order chi connectivity index (χ1) is 17.8. The largest absolute Gasteiger partial charge is 0.0561 e. The minimum absolute atomic E-state index is 0.0212. The van der Waals surface area contributed by atoms with Crippen molar-refractivity contribution in [2.24, 2.45) is 0 Å². The van der Waals surface area contributed by atoms with E-state index in [0.717, 1.165) is 17.9 Å². The van der Waals surface area contributed by atoms with Crippen LogP contribution in [0, 0.1) is 0 Å². The molecule has 0 fully saturated rings. The fraction of sp³-hybridized carbons (Fsp3) is 0.235. The van der Waals surface area contributed by atoms with Gasteiger partial charge in [-0.15, -0.1) is 0 Å². The Balaban J connectivity index is 2.07. The third-order valence-corrected chi connectivity index (χ3v) is 9.98. The summed E-state index contributed by atoms with van der Waals surface area (Å²) >= 11 is 15.6. The van der Waals surface area contributed by atoms with Crippen LogP contribution < -0.4 is 0 Å². The summed E-state index contributed by atoms with van der Waals surface area (Å²) in [4.78, 5) is 0. The van der Waals surface area contributed by atoms with Crippen molar-refractivity contribution in [1.82, 2.24) is 0 Å². The molecule has 4 heteroatoms. The molecular weight excluding hydrogens is 728 g/mol. The Morgan fingerprint density at radius 2 is 0.763 bits per heavy atom. The van der Waals surface area contributed by atoms with Gasteiger partial charge >= 0.3 is 0 Å². The predicted octanol–water partition coefficient (Wildman–Crippen LogP) is 13.1. The Morgan fingerprint density at radius 1 is 0.395 bits per heavy atom. The lowest BCUT2D eigenvalue weighted by molar-refractivity contribution is 0.590. The molecule has 0 aliphatic heterocycles. The third kappa shape index (κ3) is 4.17. The van der Waals surface area contributed by atoms with Gasteiger partial charge in [0.1, 0.15) is 0 Å². The lowest BCUT2D eigenvalue weighted by Gasteiger charge is -2.24. The molecule has 0 atom stereocenters. The molecule has 0 saturated heterocycles. The monoisotopic (exact) mass is 752 g/mol. The summed E-state index contributed by atoms with van der Waals surface area (Å²) in [5.74, 6) is 0. The van der Waals surface area contributed by atoms with E-state index in [1.807, 2.05) is 0 Å². The molecule has 0 unspecified atom stereocenters. The van der Waals surface area contributed by atoms with Crippen LogP contribution in [0.25, 0.3) is 53.9 Å². The molecule has 6 rings (SSSR count). The van der Waals surface area contributed by atoms with Gasteiger partial charge in [0.05, 0.1) is 0 Å². The van der Waals surface area contributed by atoms with Crippen molar-refractivity contribution in [3.05, 3.63) is 89.7 Å². The highest BCUT2D eigenvalue weighted by Gasteiger charge is 2.24. The average Bonchev–Trinajstić information content (AvgIpc) is 2.81. The number of halogens is 4. The summed E-state index contributed by atoms with van der Waals surface area (Å²) in [5, 5.41) is 12.8. The number of benzene rings is 6. The van der Waals surface area contributed by atoms with E-state index in [4.69, 9.17) is 0 Å². The van der Waals surface area contributed by atoms with Gasteiger partial charge in [0.2, 0.25) is 0 Å². The summed E-state index contributed by atoms with van der Waals surface area (Å²) in [6.07, 6.45) is 0. The molecule has 0 aromatic heterocycles. The molecule has 192 valence electrons. The van der Waals surface area contributed by atoms with Crippen LogP contribution in [0.3, 0.4) is 0 Å². The van der Waals surface area contributed by atoms with Gasteiger partial charge in [0.25, 0.3) is 0 Å². The average molecular weight is 756 g/mol. The van der Waals surface area contributed by atoms with Crippen LogP contribution in [-0.2, 0) is 10.8 Å². The molecule has 0 heterocycles. The Hall–Kier alpha value is -1.46. The molecule has 6 aromatic rings. The van der Waals surface area contributed by atoms with Crippen molar-refractivity contribution in [3.8, 4) is 0 Å². The van der Waals surface area contributed by atoms with Gasteiger partial charge in [0.15, 0.2) is 0 Å². The maximum atomic E-state index is 4.01. The standard InChI is InChI=1S/C34H28Br4/c1-33(2,3)17-11-25-29(27(37)13-17)21-9-7-20(36)16-24(21)32-26-12-18(34(4,5)6)14-28(38)30(26)22-10-8-19(35)15-23(22)31(25)32/h7-16H,1-6H3.